The van der Waals surface area contributed by atoms with Gasteiger partial charge in [0.05, 0.1) is 39.6 Å². The summed E-state index contributed by atoms with van der Waals surface area (Å²) < 4.78 is 37.0. The Labute approximate surface area is 555 Å². The standard InChI is InChI=1S/C26H34O7Si2.C23H26O8Si.C22H20O6/c1-34(33-35(2,3)4)17-11-12-20(18-31-25(29)23(27)21-13-7-5-8-14-21)19-32-26(30)24(28)22-15-9-6-10-16-22;1-32(28,29)14-8-9-17(15-30-22(26)20(24)18-10-4-2-5-11-18)16-31-23(27)21(25)19-12-6-3-7-13-19;1-2-9-16(14-27-21(25)19(23)17-10-5-3-6-11-17)15-28-22(26)20(24)18-12-7-4-8-13-18/h5-10,13-16,20,34H,11-12,17-19H2,1-4H3;2-7,10-13,17,28-29H,8-9,14-16H2,1H3;2-8,10-13,16H,1,9,14-15H2. The largest absolute Gasteiger partial charge is 0.459 e. The molecular formula is C71H80O21Si3. The van der Waals surface area contributed by atoms with E-state index in [0.29, 0.717) is 25.7 Å². The molecule has 0 aliphatic rings. The van der Waals surface area contributed by atoms with Gasteiger partial charge < -0.3 is 42.1 Å². The van der Waals surface area contributed by atoms with Crippen LogP contribution in [0.5, 0.6) is 0 Å². The summed E-state index contributed by atoms with van der Waals surface area (Å²) >= 11 is 0. The van der Waals surface area contributed by atoms with Crippen LogP contribution in [0.25, 0.3) is 0 Å². The van der Waals surface area contributed by atoms with E-state index in [1.54, 1.807) is 140 Å². The van der Waals surface area contributed by atoms with Gasteiger partial charge in [0.25, 0.3) is 34.7 Å². The first-order chi connectivity index (χ1) is 45.3. The summed E-state index contributed by atoms with van der Waals surface area (Å²) in [7, 11) is -6.20. The smallest absolute Gasteiger partial charge is 0.379 e. The first-order valence-electron chi connectivity index (χ1n) is 30.6. The van der Waals surface area contributed by atoms with Gasteiger partial charge >= 0.3 is 44.4 Å². The summed E-state index contributed by atoms with van der Waals surface area (Å²) in [5, 5.41) is 0. The zero-order chi connectivity index (χ0) is 69.8. The van der Waals surface area contributed by atoms with Crippen molar-refractivity contribution in [1.82, 2.24) is 0 Å². The SMILES string of the molecule is C=CCC(COC(=O)C(=O)c1ccccc1)COC(=O)C(=O)c1ccccc1.C[SiH](CCCC(COC(=O)C(=O)c1ccccc1)COC(=O)C(=O)c1ccccc1)O[Si](C)(C)C.C[Si](O)(O)CCCC(COC(=O)C(=O)c1ccccc1)COC(=O)C(=O)c1ccccc1. The minimum atomic E-state index is -3.26. The molecule has 21 nitrogen and oxygen atoms in total. The molecule has 1 unspecified atom stereocenters. The molecule has 6 aromatic carbocycles. The Hall–Kier alpha value is -9.57. The number of ketones is 6. The van der Waals surface area contributed by atoms with E-state index in [9.17, 15) is 67.1 Å². The second-order valence-corrected chi connectivity index (χ2v) is 33.3. The van der Waals surface area contributed by atoms with Gasteiger partial charge in [-0.25, -0.2) is 28.8 Å². The lowest BCUT2D eigenvalue weighted by Gasteiger charge is -2.23. The Morgan fingerprint density at radius 2 is 0.600 bits per heavy atom. The van der Waals surface area contributed by atoms with E-state index in [1.807, 2.05) is 0 Å². The molecule has 0 bridgehead atoms. The van der Waals surface area contributed by atoms with Crippen molar-refractivity contribution in [2.75, 3.05) is 39.6 Å². The molecule has 24 heteroatoms. The number of carbonyl (C=O) groups is 12. The van der Waals surface area contributed by atoms with E-state index in [0.717, 1.165) is 12.5 Å². The predicted molar refractivity (Wildman–Crippen MR) is 357 cm³/mol. The lowest BCUT2D eigenvalue weighted by molar-refractivity contribution is -0.145. The summed E-state index contributed by atoms with van der Waals surface area (Å²) in [6.45, 7) is 12.7. The molecule has 95 heavy (non-hydrogen) atoms. The lowest BCUT2D eigenvalue weighted by atomic mass is 10.1. The highest BCUT2D eigenvalue weighted by Crippen LogP contribution is 2.19. The molecule has 0 aliphatic heterocycles. The van der Waals surface area contributed by atoms with E-state index >= 15 is 0 Å². The maximum atomic E-state index is 12.3. The molecule has 2 N–H and O–H groups in total. The van der Waals surface area contributed by atoms with Gasteiger partial charge in [-0.05, 0) is 64.1 Å². The molecular weight excluding hydrogens is 1270 g/mol. The van der Waals surface area contributed by atoms with E-state index in [1.165, 1.54) is 55.1 Å². The summed E-state index contributed by atoms with van der Waals surface area (Å²) in [6, 6.07) is 49.4. The molecule has 1 atom stereocenters. The third-order valence-corrected chi connectivity index (χ3v) is 20.5. The molecule has 0 fully saturated rings. The summed E-state index contributed by atoms with van der Waals surface area (Å²) in [5.41, 5.74) is 1.34. The van der Waals surface area contributed by atoms with Gasteiger partial charge in [0.2, 0.25) is 0 Å². The maximum absolute atomic E-state index is 12.3. The third-order valence-electron chi connectivity index (χ3n) is 13.6. The summed E-state index contributed by atoms with van der Waals surface area (Å²) in [5.74, 6) is -11.9. The molecule has 502 valence electrons. The Morgan fingerprint density at radius 3 is 0.811 bits per heavy atom. The van der Waals surface area contributed by atoms with E-state index in [2.05, 4.69) is 32.8 Å². The Bertz CT molecular complexity index is 3280. The Morgan fingerprint density at radius 1 is 0.379 bits per heavy atom. The molecule has 0 amide bonds. The number of rotatable bonds is 36. The number of esters is 6. The monoisotopic (exact) mass is 1350 g/mol. The molecule has 0 aromatic heterocycles. The van der Waals surface area contributed by atoms with E-state index < -0.39 is 108 Å². The fourth-order valence-corrected chi connectivity index (χ4v) is 15.7. The second-order valence-electron chi connectivity index (χ2n) is 23.0. The first-order valence-corrected chi connectivity index (χ1v) is 39.0. The zero-order valence-electron chi connectivity index (χ0n) is 53.8. The average molecular weight is 1350 g/mol. The summed E-state index contributed by atoms with van der Waals surface area (Å²) in [4.78, 5) is 165. The Balaban J connectivity index is 0.000000305. The number of ether oxygens (including phenoxy) is 6. The van der Waals surface area contributed by atoms with Crippen molar-refractivity contribution in [2.24, 2.45) is 17.8 Å². The van der Waals surface area contributed by atoms with Crippen molar-refractivity contribution in [1.29, 1.82) is 0 Å². The van der Waals surface area contributed by atoms with Crippen LogP contribution < -0.4 is 0 Å². The van der Waals surface area contributed by atoms with Crippen molar-refractivity contribution in [2.45, 2.75) is 76.9 Å². The van der Waals surface area contributed by atoms with Gasteiger partial charge in [-0.1, -0.05) is 201 Å². The van der Waals surface area contributed by atoms with Crippen molar-refractivity contribution in [3.63, 3.8) is 0 Å². The second kappa shape index (κ2) is 41.2. The van der Waals surface area contributed by atoms with Crippen LogP contribution >= 0.6 is 0 Å². The molecule has 0 saturated heterocycles. The normalized spacial score (nSPS) is 11.2. The summed E-state index contributed by atoms with van der Waals surface area (Å²) in [6.07, 6.45) is 4.07. The van der Waals surface area contributed by atoms with Gasteiger partial charge in [0, 0.05) is 51.1 Å². The highest BCUT2D eigenvalue weighted by Gasteiger charge is 2.29. The van der Waals surface area contributed by atoms with Crippen molar-refractivity contribution in [3.05, 3.63) is 228 Å². The zero-order valence-corrected chi connectivity index (χ0v) is 56.9. The molecule has 6 rings (SSSR count). The number of hydrogen-bond acceptors (Lipinski definition) is 21. The van der Waals surface area contributed by atoms with Crippen LogP contribution in [0.2, 0.25) is 44.8 Å². The topological polar surface area (TPSA) is 310 Å². The minimum absolute atomic E-state index is 0.0883. The number of carbonyl (C=O) groups excluding carboxylic acids is 12. The van der Waals surface area contributed by atoms with Crippen LogP contribution in [0.1, 0.15) is 94.3 Å². The minimum Gasteiger partial charge on any atom is -0.459 e. The van der Waals surface area contributed by atoms with Gasteiger partial charge in [0.15, 0.2) is 17.4 Å². The van der Waals surface area contributed by atoms with Gasteiger partial charge in [-0.3, -0.25) is 28.8 Å². The van der Waals surface area contributed by atoms with Crippen LogP contribution in [-0.4, -0.2) is 146 Å². The molecule has 0 aliphatic carbocycles. The van der Waals surface area contributed by atoms with Crippen LogP contribution in [-0.2, 0) is 61.3 Å². The fraction of sp³-hybridized carbons (Fsp3) is 0.296. The van der Waals surface area contributed by atoms with Crippen LogP contribution in [0.3, 0.4) is 0 Å². The molecule has 6 aromatic rings. The van der Waals surface area contributed by atoms with Crippen LogP contribution in [0.4, 0.5) is 0 Å². The lowest BCUT2D eigenvalue weighted by Crippen LogP contribution is -2.33. The average Bonchev–Trinajstić information content (AvgIpc) is 2.03. The van der Waals surface area contributed by atoms with Crippen molar-refractivity contribution < 1.29 is 99.7 Å². The molecule has 0 radical (unpaired) electrons. The quantitative estimate of drug-likeness (QED) is 0.00922. The van der Waals surface area contributed by atoms with Crippen LogP contribution in [0.15, 0.2) is 195 Å². The van der Waals surface area contributed by atoms with Gasteiger partial charge in [-0.2, -0.15) is 0 Å². The maximum Gasteiger partial charge on any atom is 0.379 e. The highest BCUT2D eigenvalue weighted by atomic mass is 28.4. The highest BCUT2D eigenvalue weighted by molar-refractivity contribution is 6.77. The predicted octanol–water partition coefficient (Wildman–Crippen LogP) is 9.76. The van der Waals surface area contributed by atoms with Gasteiger partial charge in [-0.15, -0.1) is 6.58 Å². The fourth-order valence-electron chi connectivity index (χ4n) is 8.73. The molecule has 0 spiro atoms. The number of hydrogen-bond donors (Lipinski definition) is 2. The van der Waals surface area contributed by atoms with Gasteiger partial charge in [0.1, 0.15) is 0 Å². The van der Waals surface area contributed by atoms with E-state index in [4.69, 9.17) is 32.5 Å². The molecule has 0 saturated carbocycles. The van der Waals surface area contributed by atoms with Crippen LogP contribution in [0, 0.1) is 17.8 Å². The third kappa shape index (κ3) is 30.4. The number of Topliss-reactive ketones (excluding diaryl/α,β-unsaturated/α-hetero) is 6. The van der Waals surface area contributed by atoms with E-state index in [-0.39, 0.29) is 85.0 Å². The molecule has 0 heterocycles. The van der Waals surface area contributed by atoms with Crippen molar-refractivity contribution >= 4 is 96.4 Å². The Kier molecular flexibility index (Phi) is 33.8. The number of allylic oxidation sites excluding steroid dienone is 1. The van der Waals surface area contributed by atoms with Crippen molar-refractivity contribution in [3.8, 4) is 0 Å². The first kappa shape index (κ1) is 77.9. The number of benzene rings is 6.